The minimum atomic E-state index is 0. The van der Waals surface area contributed by atoms with Crippen LogP contribution in [0.3, 0.4) is 0 Å². The average Bonchev–Trinajstić information content (AvgIpc) is 3.52. The summed E-state index contributed by atoms with van der Waals surface area (Å²) in [6, 6.07) is 11.6. The number of aliphatic imine (C=N–C) groups is 1. The summed E-state index contributed by atoms with van der Waals surface area (Å²) in [7, 11) is 1.80. The fourth-order valence-corrected chi connectivity index (χ4v) is 3.65. The Kier molecular flexibility index (Phi) is 9.50. The molecule has 1 saturated heterocycles. The van der Waals surface area contributed by atoms with Gasteiger partial charge in [0.2, 0.25) is 5.91 Å². The highest BCUT2D eigenvalue weighted by Crippen LogP contribution is 2.28. The van der Waals surface area contributed by atoms with Crippen LogP contribution in [0.25, 0.3) is 0 Å². The zero-order valence-corrected chi connectivity index (χ0v) is 19.3. The fraction of sp³-hybridized carbons (Fsp3) is 0.619. The molecular weight excluding hydrogens is 465 g/mol. The van der Waals surface area contributed by atoms with Gasteiger partial charge in [0.05, 0.1) is 0 Å². The van der Waals surface area contributed by atoms with Gasteiger partial charge in [0, 0.05) is 51.2 Å². The van der Waals surface area contributed by atoms with Crippen molar-refractivity contribution in [2.24, 2.45) is 10.9 Å². The Bertz CT molecular complexity index is 635. The Morgan fingerprint density at radius 3 is 2.50 bits per heavy atom. The molecule has 0 radical (unpaired) electrons. The summed E-state index contributed by atoms with van der Waals surface area (Å²) in [5.74, 6) is 1.29. The summed E-state index contributed by atoms with van der Waals surface area (Å²) < 4.78 is 0. The van der Waals surface area contributed by atoms with Crippen molar-refractivity contribution in [2.75, 3.05) is 26.7 Å². The van der Waals surface area contributed by atoms with Gasteiger partial charge < -0.3 is 16.0 Å². The molecule has 156 valence electrons. The summed E-state index contributed by atoms with van der Waals surface area (Å²) in [5.41, 5.74) is 1.38. The fourth-order valence-electron chi connectivity index (χ4n) is 3.65. The Balaban J connectivity index is 0.00000280. The first-order valence-corrected chi connectivity index (χ1v) is 10.2. The number of carbonyl (C=O) groups is 1. The number of halogens is 1. The summed E-state index contributed by atoms with van der Waals surface area (Å²) in [4.78, 5) is 18.5. The van der Waals surface area contributed by atoms with E-state index in [0.717, 1.165) is 44.7 Å². The summed E-state index contributed by atoms with van der Waals surface area (Å²) in [5, 5.41) is 9.82. The standard InChI is InChI=1S/C21H33N5O.HI/c1-16-14-19(10-13-26(16)15-17-6-4-3-5-7-17)25-21(22-2)24-12-11-23-20(27)18-8-9-18;/h3-7,16,18-19H,8-15H2,1-2H3,(H,23,27)(H2,22,24,25);1H. The van der Waals surface area contributed by atoms with Gasteiger partial charge in [-0.25, -0.2) is 0 Å². The summed E-state index contributed by atoms with van der Waals surface area (Å²) in [6.07, 6.45) is 4.30. The molecule has 0 bridgehead atoms. The molecule has 2 atom stereocenters. The van der Waals surface area contributed by atoms with E-state index in [2.05, 4.69) is 63.1 Å². The monoisotopic (exact) mass is 499 g/mol. The number of nitrogens with one attached hydrogen (secondary N) is 3. The van der Waals surface area contributed by atoms with Crippen molar-refractivity contribution in [3.05, 3.63) is 35.9 Å². The van der Waals surface area contributed by atoms with E-state index in [0.29, 0.717) is 25.2 Å². The number of benzene rings is 1. The maximum Gasteiger partial charge on any atom is 0.223 e. The van der Waals surface area contributed by atoms with Crippen molar-refractivity contribution in [1.82, 2.24) is 20.9 Å². The molecule has 3 rings (SSSR count). The van der Waals surface area contributed by atoms with Crippen LogP contribution in [0.5, 0.6) is 0 Å². The van der Waals surface area contributed by atoms with E-state index in [1.807, 2.05) is 0 Å². The molecule has 1 aliphatic heterocycles. The predicted molar refractivity (Wildman–Crippen MR) is 125 cm³/mol. The molecule has 3 N–H and O–H groups in total. The van der Waals surface area contributed by atoms with Crippen molar-refractivity contribution in [1.29, 1.82) is 0 Å². The molecule has 28 heavy (non-hydrogen) atoms. The number of amides is 1. The topological polar surface area (TPSA) is 68.8 Å². The lowest BCUT2D eigenvalue weighted by molar-refractivity contribution is -0.122. The Morgan fingerprint density at radius 2 is 1.86 bits per heavy atom. The maximum atomic E-state index is 11.6. The van der Waals surface area contributed by atoms with Crippen molar-refractivity contribution < 1.29 is 4.79 Å². The highest BCUT2D eigenvalue weighted by Gasteiger charge is 2.29. The van der Waals surface area contributed by atoms with Gasteiger partial charge in [0.25, 0.3) is 0 Å². The third kappa shape index (κ3) is 7.24. The molecule has 1 aromatic carbocycles. The average molecular weight is 499 g/mol. The van der Waals surface area contributed by atoms with Crippen LogP contribution in [0, 0.1) is 5.92 Å². The van der Waals surface area contributed by atoms with Gasteiger partial charge in [-0.1, -0.05) is 30.3 Å². The first-order valence-electron chi connectivity index (χ1n) is 10.2. The molecule has 2 fully saturated rings. The van der Waals surface area contributed by atoms with Gasteiger partial charge >= 0.3 is 0 Å². The van der Waals surface area contributed by atoms with Crippen LogP contribution in [0.2, 0.25) is 0 Å². The van der Waals surface area contributed by atoms with Crippen LogP contribution in [0.4, 0.5) is 0 Å². The molecule has 1 saturated carbocycles. The molecule has 2 aliphatic rings. The third-order valence-corrected chi connectivity index (χ3v) is 5.47. The van der Waals surface area contributed by atoms with E-state index in [-0.39, 0.29) is 35.8 Å². The minimum Gasteiger partial charge on any atom is -0.355 e. The number of hydrogen-bond acceptors (Lipinski definition) is 3. The molecule has 7 heteroatoms. The SMILES string of the molecule is CN=C(NCCNC(=O)C1CC1)NC1CCN(Cc2ccccc2)C(C)C1.I. The molecule has 1 amide bonds. The van der Waals surface area contributed by atoms with E-state index < -0.39 is 0 Å². The van der Waals surface area contributed by atoms with Crippen molar-refractivity contribution >= 4 is 35.8 Å². The second-order valence-electron chi connectivity index (χ2n) is 7.74. The largest absolute Gasteiger partial charge is 0.355 e. The number of hydrogen-bond donors (Lipinski definition) is 3. The molecule has 1 heterocycles. The number of carbonyl (C=O) groups excluding carboxylic acids is 1. The van der Waals surface area contributed by atoms with E-state index in [1.165, 1.54) is 5.56 Å². The van der Waals surface area contributed by atoms with Crippen LogP contribution in [-0.4, -0.2) is 55.5 Å². The zero-order chi connectivity index (χ0) is 19.1. The van der Waals surface area contributed by atoms with Gasteiger partial charge in [-0.05, 0) is 38.2 Å². The van der Waals surface area contributed by atoms with Crippen LogP contribution in [0.1, 0.15) is 38.2 Å². The quantitative estimate of drug-likeness (QED) is 0.233. The van der Waals surface area contributed by atoms with Crippen molar-refractivity contribution in [3.8, 4) is 0 Å². The smallest absolute Gasteiger partial charge is 0.223 e. The Labute approximate surface area is 186 Å². The third-order valence-electron chi connectivity index (χ3n) is 5.47. The molecule has 2 unspecified atom stereocenters. The highest BCUT2D eigenvalue weighted by atomic mass is 127. The molecular formula is C21H34IN5O. The van der Waals surface area contributed by atoms with Crippen molar-refractivity contribution in [2.45, 2.75) is 51.2 Å². The number of piperidine rings is 1. The molecule has 0 spiro atoms. The number of likely N-dealkylation sites (tertiary alicyclic amines) is 1. The summed E-state index contributed by atoms with van der Waals surface area (Å²) >= 11 is 0. The van der Waals surface area contributed by atoms with Crippen molar-refractivity contribution in [3.63, 3.8) is 0 Å². The lowest BCUT2D eigenvalue weighted by Gasteiger charge is -2.38. The van der Waals surface area contributed by atoms with Gasteiger partial charge in [0.15, 0.2) is 5.96 Å². The minimum absolute atomic E-state index is 0. The highest BCUT2D eigenvalue weighted by molar-refractivity contribution is 14.0. The lowest BCUT2D eigenvalue weighted by Crippen LogP contribution is -2.52. The van der Waals surface area contributed by atoms with Gasteiger partial charge in [0.1, 0.15) is 0 Å². The van der Waals surface area contributed by atoms with E-state index in [4.69, 9.17) is 0 Å². The lowest BCUT2D eigenvalue weighted by atomic mass is 9.97. The second-order valence-corrected chi connectivity index (χ2v) is 7.74. The molecule has 0 aromatic heterocycles. The van der Waals surface area contributed by atoms with E-state index in [9.17, 15) is 4.79 Å². The number of rotatable bonds is 7. The molecule has 1 aliphatic carbocycles. The van der Waals surface area contributed by atoms with Crippen LogP contribution in [0.15, 0.2) is 35.3 Å². The normalized spacial score (nSPS) is 22.9. The van der Waals surface area contributed by atoms with Crippen LogP contribution in [-0.2, 0) is 11.3 Å². The molecule has 1 aromatic rings. The second kappa shape index (κ2) is 11.6. The first-order chi connectivity index (χ1) is 13.2. The number of guanidine groups is 1. The Hall–Kier alpha value is -1.35. The van der Waals surface area contributed by atoms with Crippen LogP contribution >= 0.6 is 24.0 Å². The van der Waals surface area contributed by atoms with E-state index >= 15 is 0 Å². The Morgan fingerprint density at radius 1 is 1.14 bits per heavy atom. The predicted octanol–water partition coefficient (Wildman–Crippen LogP) is 2.35. The zero-order valence-electron chi connectivity index (χ0n) is 17.0. The number of nitrogens with zero attached hydrogens (tertiary/aromatic N) is 2. The first kappa shape index (κ1) is 22.9. The van der Waals surface area contributed by atoms with Gasteiger partial charge in [-0.3, -0.25) is 14.7 Å². The van der Waals surface area contributed by atoms with E-state index in [1.54, 1.807) is 7.05 Å². The molecule has 6 nitrogen and oxygen atoms in total. The summed E-state index contributed by atoms with van der Waals surface area (Å²) in [6.45, 7) is 5.74. The van der Waals surface area contributed by atoms with Crippen LogP contribution < -0.4 is 16.0 Å². The van der Waals surface area contributed by atoms with Gasteiger partial charge in [-0.15, -0.1) is 24.0 Å². The maximum absolute atomic E-state index is 11.6. The van der Waals surface area contributed by atoms with Gasteiger partial charge in [-0.2, -0.15) is 0 Å².